The van der Waals surface area contributed by atoms with Gasteiger partial charge in [0.15, 0.2) is 0 Å². The molecule has 0 bridgehead atoms. The highest BCUT2D eigenvalue weighted by Crippen LogP contribution is 2.20. The van der Waals surface area contributed by atoms with Crippen LogP contribution in [-0.4, -0.2) is 11.2 Å². The summed E-state index contributed by atoms with van der Waals surface area (Å²) >= 11 is 1.51. The van der Waals surface area contributed by atoms with E-state index in [1.807, 2.05) is 12.3 Å². The molecule has 2 aromatic rings. The Kier molecular flexibility index (Phi) is 4.10. The van der Waals surface area contributed by atoms with Crippen molar-refractivity contribution in [2.75, 3.05) is 5.32 Å². The second kappa shape index (κ2) is 5.79. The van der Waals surface area contributed by atoms with Crippen molar-refractivity contribution in [3.63, 3.8) is 0 Å². The summed E-state index contributed by atoms with van der Waals surface area (Å²) in [6.07, 6.45) is -2.71. The van der Waals surface area contributed by atoms with Gasteiger partial charge in [0.05, 0.1) is 12.2 Å². The molecule has 102 valence electrons. The first-order valence-corrected chi connectivity index (χ1v) is 6.27. The lowest BCUT2D eigenvalue weighted by atomic mass is 10.3. The van der Waals surface area contributed by atoms with Crippen LogP contribution in [0.1, 0.15) is 22.8 Å². The third-order valence-electron chi connectivity index (χ3n) is 2.33. The number of anilines is 1. The van der Waals surface area contributed by atoms with Gasteiger partial charge in [-0.3, -0.25) is 0 Å². The molecule has 0 aliphatic heterocycles. The fourth-order valence-corrected chi connectivity index (χ4v) is 2.02. The topological polar surface area (TPSA) is 67.2 Å². The van der Waals surface area contributed by atoms with Crippen molar-refractivity contribution in [3.8, 4) is 0 Å². The van der Waals surface area contributed by atoms with Gasteiger partial charge in [-0.05, 0) is 18.4 Å². The Morgan fingerprint density at radius 1 is 1.58 bits per heavy atom. The normalized spacial score (nSPS) is 10.7. The minimum absolute atomic E-state index is 0.0191. The summed E-state index contributed by atoms with van der Waals surface area (Å²) < 4.78 is 28.9. The number of thiophene rings is 1. The lowest BCUT2D eigenvalue weighted by molar-refractivity contribution is 0.112. The fourth-order valence-electron chi connectivity index (χ4n) is 1.37. The zero-order chi connectivity index (χ0) is 13.8. The van der Waals surface area contributed by atoms with Crippen molar-refractivity contribution in [2.24, 2.45) is 0 Å². The van der Waals surface area contributed by atoms with Gasteiger partial charge in [0.2, 0.25) is 5.76 Å². The van der Waals surface area contributed by atoms with Crippen LogP contribution in [0.3, 0.4) is 0 Å². The lowest BCUT2D eigenvalue weighted by Crippen LogP contribution is -2.28. The molecule has 0 aliphatic carbocycles. The third-order valence-corrected chi connectivity index (χ3v) is 3.17. The summed E-state index contributed by atoms with van der Waals surface area (Å²) in [6, 6.07) is 2.47. The number of carbonyl (C=O) groups excluding carboxylic acids is 1. The van der Waals surface area contributed by atoms with Crippen LogP contribution in [0.5, 0.6) is 0 Å². The fraction of sp³-hybridized carbons (Fsp3) is 0.273. The summed E-state index contributed by atoms with van der Waals surface area (Å²) in [5.41, 5.74) is 0.961. The molecular weight excluding hydrogens is 276 g/mol. The lowest BCUT2D eigenvalue weighted by Gasteiger charge is -2.05. The van der Waals surface area contributed by atoms with Crippen molar-refractivity contribution >= 4 is 23.1 Å². The smallest absolute Gasteiger partial charge is 0.319 e. The Balaban J connectivity index is 1.84. The van der Waals surface area contributed by atoms with Crippen LogP contribution in [-0.2, 0) is 6.54 Å². The van der Waals surface area contributed by atoms with E-state index >= 15 is 0 Å². The van der Waals surface area contributed by atoms with Crippen molar-refractivity contribution in [1.82, 2.24) is 10.5 Å². The molecule has 8 heteroatoms. The van der Waals surface area contributed by atoms with E-state index in [0.29, 0.717) is 0 Å². The number of carbonyl (C=O) groups is 1. The number of rotatable bonds is 4. The average Bonchev–Trinajstić information content (AvgIpc) is 2.97. The maximum Gasteiger partial charge on any atom is 0.319 e. The average molecular weight is 287 g/mol. The molecule has 2 aromatic heterocycles. The molecule has 2 amide bonds. The van der Waals surface area contributed by atoms with E-state index in [-0.39, 0.29) is 12.2 Å². The molecule has 5 nitrogen and oxygen atoms in total. The number of halogens is 2. The first-order chi connectivity index (χ1) is 9.06. The SMILES string of the molecule is Cc1sccc1NC(=O)NCc1cc(C(F)F)on1. The second-order valence-corrected chi connectivity index (χ2v) is 4.84. The molecule has 0 saturated heterocycles. The van der Waals surface area contributed by atoms with Gasteiger partial charge in [0.25, 0.3) is 6.43 Å². The Labute approximate surface area is 111 Å². The van der Waals surface area contributed by atoms with E-state index in [0.717, 1.165) is 16.6 Å². The number of aromatic nitrogens is 1. The van der Waals surface area contributed by atoms with E-state index in [2.05, 4.69) is 20.3 Å². The Hall–Kier alpha value is -1.96. The number of hydrogen-bond acceptors (Lipinski definition) is 4. The number of aryl methyl sites for hydroxylation is 1. The van der Waals surface area contributed by atoms with Gasteiger partial charge < -0.3 is 15.2 Å². The maximum absolute atomic E-state index is 12.2. The number of hydrogen-bond donors (Lipinski definition) is 2. The summed E-state index contributed by atoms with van der Waals surface area (Å²) in [5.74, 6) is -0.508. The highest BCUT2D eigenvalue weighted by molar-refractivity contribution is 7.10. The van der Waals surface area contributed by atoms with Crippen LogP contribution in [0.25, 0.3) is 0 Å². The summed E-state index contributed by atoms with van der Waals surface area (Å²) in [6.45, 7) is 1.90. The van der Waals surface area contributed by atoms with Gasteiger partial charge in [0.1, 0.15) is 5.69 Å². The molecule has 2 heterocycles. The van der Waals surface area contributed by atoms with Gasteiger partial charge in [-0.2, -0.15) is 0 Å². The minimum Gasteiger partial charge on any atom is -0.355 e. The molecule has 2 rings (SSSR count). The maximum atomic E-state index is 12.2. The van der Waals surface area contributed by atoms with E-state index in [9.17, 15) is 13.6 Å². The van der Waals surface area contributed by atoms with Crippen molar-refractivity contribution in [3.05, 3.63) is 33.8 Å². The molecule has 0 atom stereocenters. The number of amides is 2. The van der Waals surface area contributed by atoms with Gasteiger partial charge in [-0.25, -0.2) is 13.6 Å². The Bertz CT molecular complexity index is 568. The number of alkyl halides is 2. The third kappa shape index (κ3) is 3.50. The molecule has 0 radical (unpaired) electrons. The van der Waals surface area contributed by atoms with Gasteiger partial charge in [-0.1, -0.05) is 5.16 Å². The van der Waals surface area contributed by atoms with Gasteiger partial charge >= 0.3 is 6.03 Å². The van der Waals surface area contributed by atoms with Crippen LogP contribution in [0.2, 0.25) is 0 Å². The van der Waals surface area contributed by atoms with Crippen molar-refractivity contribution in [1.29, 1.82) is 0 Å². The van der Waals surface area contributed by atoms with E-state index in [1.165, 1.54) is 11.3 Å². The molecule has 0 saturated carbocycles. The zero-order valence-corrected chi connectivity index (χ0v) is 10.8. The summed E-state index contributed by atoms with van der Waals surface area (Å²) in [5, 5.41) is 10.4. The first kappa shape index (κ1) is 13.5. The highest BCUT2D eigenvalue weighted by Gasteiger charge is 2.14. The molecular formula is C11H11F2N3O2S. The minimum atomic E-state index is -2.71. The van der Waals surface area contributed by atoms with Crippen LogP contribution in [0.4, 0.5) is 19.3 Å². The van der Waals surface area contributed by atoms with Crippen LogP contribution >= 0.6 is 11.3 Å². The number of urea groups is 1. The summed E-state index contributed by atoms with van der Waals surface area (Å²) in [4.78, 5) is 12.5. The Morgan fingerprint density at radius 3 is 2.95 bits per heavy atom. The van der Waals surface area contributed by atoms with Crippen LogP contribution in [0.15, 0.2) is 22.0 Å². The monoisotopic (exact) mass is 287 g/mol. The second-order valence-electron chi connectivity index (χ2n) is 3.72. The van der Waals surface area contributed by atoms with Crippen LogP contribution in [0, 0.1) is 6.92 Å². The van der Waals surface area contributed by atoms with Crippen LogP contribution < -0.4 is 10.6 Å². The van der Waals surface area contributed by atoms with Gasteiger partial charge in [-0.15, -0.1) is 11.3 Å². The summed E-state index contributed by atoms with van der Waals surface area (Å²) in [7, 11) is 0. The van der Waals surface area contributed by atoms with Gasteiger partial charge in [0, 0.05) is 10.9 Å². The predicted octanol–water partition coefficient (Wildman–Crippen LogP) is 3.30. The van der Waals surface area contributed by atoms with E-state index in [1.54, 1.807) is 6.07 Å². The largest absolute Gasteiger partial charge is 0.355 e. The highest BCUT2D eigenvalue weighted by atomic mass is 32.1. The Morgan fingerprint density at radius 2 is 2.37 bits per heavy atom. The standard InChI is InChI=1S/C11H11F2N3O2S/c1-6-8(2-3-19-6)15-11(17)14-5-7-4-9(10(12)13)18-16-7/h2-4,10H,5H2,1H3,(H2,14,15,17). The molecule has 0 fully saturated rings. The first-order valence-electron chi connectivity index (χ1n) is 5.39. The predicted molar refractivity (Wildman–Crippen MR) is 66.4 cm³/mol. The molecule has 19 heavy (non-hydrogen) atoms. The molecule has 2 N–H and O–H groups in total. The van der Waals surface area contributed by atoms with E-state index in [4.69, 9.17) is 0 Å². The molecule has 0 spiro atoms. The molecule has 0 aliphatic rings. The number of nitrogens with one attached hydrogen (secondary N) is 2. The quantitative estimate of drug-likeness (QED) is 0.906. The van der Waals surface area contributed by atoms with Crippen molar-refractivity contribution < 1.29 is 18.1 Å². The number of nitrogens with zero attached hydrogens (tertiary/aromatic N) is 1. The molecule has 0 aromatic carbocycles. The molecule has 0 unspecified atom stereocenters. The van der Waals surface area contributed by atoms with E-state index < -0.39 is 18.2 Å². The van der Waals surface area contributed by atoms with Crippen molar-refractivity contribution in [2.45, 2.75) is 19.9 Å². The zero-order valence-electron chi connectivity index (χ0n) is 9.94.